The van der Waals surface area contributed by atoms with E-state index in [0.29, 0.717) is 12.4 Å². The smallest absolute Gasteiger partial charge is 0.341 e. The summed E-state index contributed by atoms with van der Waals surface area (Å²) >= 11 is 7.65. The monoisotopic (exact) mass is 392 g/mol. The number of hydrogen-bond donors (Lipinski definition) is 1. The van der Waals surface area contributed by atoms with E-state index in [1.807, 2.05) is 44.2 Å². The third-order valence-corrected chi connectivity index (χ3v) is 5.08. The zero-order valence-electron chi connectivity index (χ0n) is 14.8. The van der Waals surface area contributed by atoms with Crippen LogP contribution in [0.25, 0.3) is 0 Å². The van der Waals surface area contributed by atoms with Crippen molar-refractivity contribution in [3.8, 4) is 11.5 Å². The van der Waals surface area contributed by atoms with Gasteiger partial charge in [0.2, 0.25) is 0 Å². The first-order chi connectivity index (χ1) is 12.3. The van der Waals surface area contributed by atoms with Gasteiger partial charge in [0.15, 0.2) is 6.61 Å². The lowest BCUT2D eigenvalue weighted by Crippen LogP contribution is -2.10. The molecule has 0 aromatic heterocycles. The highest BCUT2D eigenvalue weighted by Crippen LogP contribution is 2.27. The summed E-state index contributed by atoms with van der Waals surface area (Å²) in [6.45, 7) is 7.97. The number of aliphatic carboxylic acids is 1. The van der Waals surface area contributed by atoms with Gasteiger partial charge in [-0.15, -0.1) is 11.8 Å². The standard InChI is InChI=1S/C20H21ClO4S/c1-13(10-24-16-4-6-18(21)14(2)8-16)12-26-17-5-7-19(15(3)9-17)25-11-20(22)23/h4-9H,1,10-12H2,2-3H3,(H,22,23). The van der Waals surface area contributed by atoms with Crippen LogP contribution in [-0.4, -0.2) is 30.0 Å². The van der Waals surface area contributed by atoms with Crippen molar-refractivity contribution >= 4 is 29.3 Å². The molecule has 2 aromatic carbocycles. The van der Waals surface area contributed by atoms with E-state index in [0.717, 1.165) is 38.1 Å². The Balaban J connectivity index is 1.82. The van der Waals surface area contributed by atoms with Crippen molar-refractivity contribution in [3.63, 3.8) is 0 Å². The summed E-state index contributed by atoms with van der Waals surface area (Å²) in [6.07, 6.45) is 0. The number of benzene rings is 2. The molecule has 0 fully saturated rings. The molecule has 0 spiro atoms. The van der Waals surface area contributed by atoms with Crippen LogP contribution in [0.4, 0.5) is 0 Å². The summed E-state index contributed by atoms with van der Waals surface area (Å²) in [4.78, 5) is 11.6. The number of halogens is 1. The summed E-state index contributed by atoms with van der Waals surface area (Å²) in [7, 11) is 0. The average molecular weight is 393 g/mol. The predicted octanol–water partition coefficient (Wildman–Crippen LogP) is 5.15. The maximum Gasteiger partial charge on any atom is 0.341 e. The van der Waals surface area contributed by atoms with Crippen LogP contribution in [0.5, 0.6) is 11.5 Å². The molecule has 0 radical (unpaired) electrons. The molecule has 0 saturated heterocycles. The number of carboxylic acids is 1. The molecule has 26 heavy (non-hydrogen) atoms. The fraction of sp³-hybridized carbons (Fsp3) is 0.250. The van der Waals surface area contributed by atoms with Gasteiger partial charge in [-0.05, 0) is 66.9 Å². The maximum absolute atomic E-state index is 10.6. The molecule has 0 aliphatic rings. The van der Waals surface area contributed by atoms with E-state index < -0.39 is 5.97 Å². The van der Waals surface area contributed by atoms with E-state index >= 15 is 0 Å². The Labute approximate surface area is 162 Å². The molecule has 4 nitrogen and oxygen atoms in total. The summed E-state index contributed by atoms with van der Waals surface area (Å²) in [5.74, 6) is 1.09. The van der Waals surface area contributed by atoms with Crippen molar-refractivity contribution < 1.29 is 19.4 Å². The fourth-order valence-electron chi connectivity index (χ4n) is 2.13. The van der Waals surface area contributed by atoms with Crippen LogP contribution < -0.4 is 9.47 Å². The molecular weight excluding hydrogens is 372 g/mol. The van der Waals surface area contributed by atoms with Crippen LogP contribution in [0, 0.1) is 13.8 Å². The molecule has 0 aliphatic carbocycles. The first-order valence-corrected chi connectivity index (χ1v) is 9.35. The molecular formula is C20H21ClO4S. The highest BCUT2D eigenvalue weighted by molar-refractivity contribution is 7.99. The lowest BCUT2D eigenvalue weighted by atomic mass is 10.2. The molecule has 138 valence electrons. The molecule has 0 atom stereocenters. The molecule has 0 bridgehead atoms. The lowest BCUT2D eigenvalue weighted by molar-refractivity contribution is -0.139. The lowest BCUT2D eigenvalue weighted by Gasteiger charge is -2.11. The molecule has 1 N–H and O–H groups in total. The number of thioether (sulfide) groups is 1. The van der Waals surface area contributed by atoms with Crippen LogP contribution in [-0.2, 0) is 4.79 Å². The first kappa shape index (κ1) is 20.2. The van der Waals surface area contributed by atoms with Crippen molar-refractivity contribution in [3.05, 3.63) is 64.7 Å². The molecule has 6 heteroatoms. The van der Waals surface area contributed by atoms with Gasteiger partial charge in [-0.25, -0.2) is 4.79 Å². The normalized spacial score (nSPS) is 10.4. The minimum Gasteiger partial charge on any atom is -0.489 e. The van der Waals surface area contributed by atoms with E-state index in [4.69, 9.17) is 26.2 Å². The number of hydrogen-bond acceptors (Lipinski definition) is 4. The van der Waals surface area contributed by atoms with E-state index in [9.17, 15) is 4.79 Å². The Kier molecular flexibility index (Phi) is 7.42. The van der Waals surface area contributed by atoms with Gasteiger partial charge < -0.3 is 14.6 Å². The van der Waals surface area contributed by atoms with Crippen molar-refractivity contribution in [2.24, 2.45) is 0 Å². The molecule has 0 aliphatic heterocycles. The first-order valence-electron chi connectivity index (χ1n) is 7.99. The Hall–Kier alpha value is -2.11. The van der Waals surface area contributed by atoms with Crippen molar-refractivity contribution in [2.75, 3.05) is 19.0 Å². The third kappa shape index (κ3) is 6.32. The Morgan fingerprint density at radius 2 is 1.88 bits per heavy atom. The zero-order valence-corrected chi connectivity index (χ0v) is 16.3. The van der Waals surface area contributed by atoms with Crippen LogP contribution in [0.3, 0.4) is 0 Å². The number of rotatable bonds is 9. The second-order valence-corrected chi connectivity index (χ2v) is 7.30. The second-order valence-electron chi connectivity index (χ2n) is 5.85. The van der Waals surface area contributed by atoms with Gasteiger partial charge in [-0.2, -0.15) is 0 Å². The average Bonchev–Trinajstić information content (AvgIpc) is 2.60. The molecule has 0 amide bonds. The Morgan fingerprint density at radius 1 is 1.12 bits per heavy atom. The molecule has 0 unspecified atom stereocenters. The van der Waals surface area contributed by atoms with Crippen LogP contribution in [0.2, 0.25) is 5.02 Å². The van der Waals surface area contributed by atoms with Crippen molar-refractivity contribution in [1.29, 1.82) is 0 Å². The topological polar surface area (TPSA) is 55.8 Å². The Morgan fingerprint density at radius 3 is 2.54 bits per heavy atom. The molecule has 2 aromatic rings. The van der Waals surface area contributed by atoms with Crippen LogP contribution in [0.15, 0.2) is 53.4 Å². The van der Waals surface area contributed by atoms with Gasteiger partial charge in [0.25, 0.3) is 0 Å². The summed E-state index contributed by atoms with van der Waals surface area (Å²) < 4.78 is 11.0. The third-order valence-electron chi connectivity index (χ3n) is 3.51. The van der Waals surface area contributed by atoms with E-state index in [-0.39, 0.29) is 6.61 Å². The molecule has 0 heterocycles. The van der Waals surface area contributed by atoms with Crippen molar-refractivity contribution in [1.82, 2.24) is 0 Å². The number of carboxylic acid groups (broad SMARTS) is 1. The van der Waals surface area contributed by atoms with Gasteiger partial charge in [0.05, 0.1) is 0 Å². The van der Waals surface area contributed by atoms with Gasteiger partial charge in [-0.3, -0.25) is 0 Å². The van der Waals surface area contributed by atoms with E-state index in [1.165, 1.54) is 0 Å². The summed E-state index contributed by atoms with van der Waals surface area (Å²) in [5.41, 5.74) is 2.84. The van der Waals surface area contributed by atoms with Gasteiger partial charge >= 0.3 is 5.97 Å². The molecule has 0 saturated carbocycles. The quantitative estimate of drug-likeness (QED) is 0.472. The second kappa shape index (κ2) is 9.55. The number of aryl methyl sites for hydroxylation is 2. The summed E-state index contributed by atoms with van der Waals surface area (Å²) in [5, 5.41) is 9.39. The van der Waals surface area contributed by atoms with E-state index in [1.54, 1.807) is 17.8 Å². The van der Waals surface area contributed by atoms with Gasteiger partial charge in [0, 0.05) is 15.7 Å². The van der Waals surface area contributed by atoms with Crippen LogP contribution in [0.1, 0.15) is 11.1 Å². The minimum atomic E-state index is -0.991. The number of carbonyl (C=O) groups is 1. The SMILES string of the molecule is C=C(COc1ccc(Cl)c(C)c1)CSc1ccc(OCC(=O)O)c(C)c1. The van der Waals surface area contributed by atoms with Crippen LogP contribution >= 0.6 is 23.4 Å². The summed E-state index contributed by atoms with van der Waals surface area (Å²) in [6, 6.07) is 11.2. The largest absolute Gasteiger partial charge is 0.489 e. The highest BCUT2D eigenvalue weighted by Gasteiger charge is 2.06. The maximum atomic E-state index is 10.6. The van der Waals surface area contributed by atoms with E-state index in [2.05, 4.69) is 6.58 Å². The fourth-order valence-corrected chi connectivity index (χ4v) is 3.13. The minimum absolute atomic E-state index is 0.342. The Bertz CT molecular complexity index is 804. The molecule has 2 rings (SSSR count). The van der Waals surface area contributed by atoms with Gasteiger partial charge in [0.1, 0.15) is 18.1 Å². The zero-order chi connectivity index (χ0) is 19.1. The van der Waals surface area contributed by atoms with Crippen molar-refractivity contribution in [2.45, 2.75) is 18.7 Å². The predicted molar refractivity (Wildman–Crippen MR) is 106 cm³/mol. The van der Waals surface area contributed by atoms with Gasteiger partial charge in [-0.1, -0.05) is 18.2 Å². The number of ether oxygens (including phenoxy) is 2. The highest BCUT2D eigenvalue weighted by atomic mass is 35.5.